The van der Waals surface area contributed by atoms with Crippen molar-refractivity contribution in [2.45, 2.75) is 296 Å². The average molecular weight is 872 g/mol. The van der Waals surface area contributed by atoms with Gasteiger partial charge in [0.25, 0.3) is 0 Å². The van der Waals surface area contributed by atoms with E-state index in [9.17, 15) is 19.8 Å². The summed E-state index contributed by atoms with van der Waals surface area (Å²) in [7, 11) is 0. The Morgan fingerprint density at radius 1 is 0.452 bits per heavy atom. The zero-order valence-corrected chi connectivity index (χ0v) is 41.4. The summed E-state index contributed by atoms with van der Waals surface area (Å²) in [5.41, 5.74) is 0. The molecule has 0 aromatic heterocycles. The molecule has 0 aliphatic heterocycles. The number of carbonyl (C=O) groups excluding carboxylic acids is 2. The standard InChI is InChI=1S/C56H105NO5/c1-3-5-7-9-11-13-15-16-17-18-19-20-23-26-30-34-38-42-46-50-56(61)62-51-47-43-39-35-31-27-24-21-22-25-29-33-37-41-45-49-55(60)57-53(52-58)54(59)48-44-40-36-32-28-14-12-10-8-6-4-2/h11,13,16-17,44,48,53-54,58-59H,3-10,12,14-15,18-43,45-47,49-52H2,1-2H3,(H,57,60)/b13-11-,17-16-,48-44+. The smallest absolute Gasteiger partial charge is 0.305 e. The fraction of sp³-hybridized carbons (Fsp3) is 0.857. The van der Waals surface area contributed by atoms with Crippen molar-refractivity contribution in [3.05, 3.63) is 36.5 Å². The van der Waals surface area contributed by atoms with E-state index in [1.165, 1.54) is 193 Å². The van der Waals surface area contributed by atoms with Gasteiger partial charge in [0, 0.05) is 12.8 Å². The summed E-state index contributed by atoms with van der Waals surface area (Å²) in [6, 6.07) is -0.633. The molecule has 3 N–H and O–H groups in total. The van der Waals surface area contributed by atoms with E-state index in [4.69, 9.17) is 4.74 Å². The Labute approximate surface area is 385 Å². The number of esters is 1. The predicted molar refractivity (Wildman–Crippen MR) is 269 cm³/mol. The van der Waals surface area contributed by atoms with Crippen molar-refractivity contribution in [3.8, 4) is 0 Å². The average Bonchev–Trinajstić information content (AvgIpc) is 3.27. The van der Waals surface area contributed by atoms with Crippen molar-refractivity contribution in [1.29, 1.82) is 0 Å². The van der Waals surface area contributed by atoms with Crippen LogP contribution in [0.25, 0.3) is 0 Å². The Bertz CT molecular complexity index is 1010. The molecule has 0 saturated carbocycles. The topological polar surface area (TPSA) is 95.9 Å². The fourth-order valence-electron chi connectivity index (χ4n) is 8.19. The quantitative estimate of drug-likeness (QED) is 0.0321. The van der Waals surface area contributed by atoms with Gasteiger partial charge in [0.05, 0.1) is 25.4 Å². The first-order valence-corrected chi connectivity index (χ1v) is 27.3. The lowest BCUT2D eigenvalue weighted by molar-refractivity contribution is -0.143. The molecule has 0 saturated heterocycles. The minimum Gasteiger partial charge on any atom is -0.466 e. The maximum absolute atomic E-state index is 12.4. The van der Waals surface area contributed by atoms with Crippen LogP contribution in [-0.4, -0.2) is 47.4 Å². The zero-order chi connectivity index (χ0) is 45.1. The lowest BCUT2D eigenvalue weighted by Crippen LogP contribution is -2.45. The molecule has 0 rings (SSSR count). The van der Waals surface area contributed by atoms with E-state index in [1.54, 1.807) is 6.08 Å². The molecule has 0 aliphatic rings. The van der Waals surface area contributed by atoms with Crippen molar-refractivity contribution in [3.63, 3.8) is 0 Å². The van der Waals surface area contributed by atoms with Crippen LogP contribution in [0.4, 0.5) is 0 Å². The highest BCUT2D eigenvalue weighted by atomic mass is 16.5. The van der Waals surface area contributed by atoms with Crippen molar-refractivity contribution >= 4 is 11.9 Å². The van der Waals surface area contributed by atoms with E-state index in [1.807, 2.05) is 6.08 Å². The van der Waals surface area contributed by atoms with Crippen LogP contribution in [0.2, 0.25) is 0 Å². The van der Waals surface area contributed by atoms with Crippen LogP contribution in [0.1, 0.15) is 284 Å². The van der Waals surface area contributed by atoms with Crippen molar-refractivity contribution in [2.24, 2.45) is 0 Å². The summed E-state index contributed by atoms with van der Waals surface area (Å²) in [4.78, 5) is 24.5. The molecule has 6 nitrogen and oxygen atoms in total. The first-order chi connectivity index (χ1) is 30.5. The number of allylic oxidation sites excluding steroid dienone is 5. The third kappa shape index (κ3) is 47.6. The highest BCUT2D eigenvalue weighted by molar-refractivity contribution is 5.76. The molecule has 2 unspecified atom stereocenters. The Morgan fingerprint density at radius 2 is 0.806 bits per heavy atom. The Balaban J connectivity index is 3.43. The van der Waals surface area contributed by atoms with Crippen molar-refractivity contribution in [2.75, 3.05) is 13.2 Å². The van der Waals surface area contributed by atoms with Gasteiger partial charge in [-0.05, 0) is 64.2 Å². The molecule has 0 bridgehead atoms. The molecule has 0 heterocycles. The van der Waals surface area contributed by atoms with Crippen LogP contribution in [0.5, 0.6) is 0 Å². The summed E-state index contributed by atoms with van der Waals surface area (Å²) < 4.78 is 5.48. The minimum atomic E-state index is -0.849. The number of carbonyl (C=O) groups is 2. The lowest BCUT2D eigenvalue weighted by atomic mass is 10.0. The molecule has 2 atom stereocenters. The maximum Gasteiger partial charge on any atom is 0.305 e. The van der Waals surface area contributed by atoms with Gasteiger partial charge in [0.1, 0.15) is 0 Å². The van der Waals surface area contributed by atoms with E-state index in [0.29, 0.717) is 19.4 Å². The van der Waals surface area contributed by atoms with Gasteiger partial charge in [0.15, 0.2) is 0 Å². The first-order valence-electron chi connectivity index (χ1n) is 27.3. The van der Waals surface area contributed by atoms with E-state index in [-0.39, 0.29) is 18.5 Å². The van der Waals surface area contributed by atoms with Gasteiger partial charge in [-0.3, -0.25) is 9.59 Å². The third-order valence-corrected chi connectivity index (χ3v) is 12.4. The predicted octanol–water partition coefficient (Wildman–Crippen LogP) is 16.5. The molecule has 0 fully saturated rings. The largest absolute Gasteiger partial charge is 0.466 e. The highest BCUT2D eigenvalue weighted by Crippen LogP contribution is 2.16. The SMILES string of the molecule is CCCCC/C=C\C/C=C\CCCCCCCCCCCC(=O)OCCCCCCCCCCCCCCCCCC(=O)NC(CO)C(O)/C=C/CCCCCCCCCCC. The van der Waals surface area contributed by atoms with Crippen molar-refractivity contribution in [1.82, 2.24) is 5.32 Å². The molecule has 0 aromatic carbocycles. The molecular formula is C56H105NO5. The number of nitrogens with one attached hydrogen (secondary N) is 1. The van der Waals surface area contributed by atoms with Crippen LogP contribution < -0.4 is 5.32 Å². The number of aliphatic hydroxyl groups is 2. The summed E-state index contributed by atoms with van der Waals surface area (Å²) in [6.45, 7) is 4.84. The van der Waals surface area contributed by atoms with Crippen LogP contribution in [0, 0.1) is 0 Å². The second-order valence-electron chi connectivity index (χ2n) is 18.6. The summed E-state index contributed by atoms with van der Waals surface area (Å²) in [6.07, 6.45) is 62.9. The number of rotatable bonds is 50. The van der Waals surface area contributed by atoms with E-state index in [0.717, 1.165) is 64.2 Å². The molecule has 1 amide bonds. The highest BCUT2D eigenvalue weighted by Gasteiger charge is 2.18. The molecule has 0 aromatic rings. The number of hydrogen-bond donors (Lipinski definition) is 3. The Morgan fingerprint density at radius 3 is 1.26 bits per heavy atom. The van der Waals surface area contributed by atoms with E-state index >= 15 is 0 Å². The second kappa shape index (κ2) is 51.7. The lowest BCUT2D eigenvalue weighted by Gasteiger charge is -2.20. The van der Waals surface area contributed by atoms with Gasteiger partial charge in [-0.1, -0.05) is 243 Å². The molecule has 6 heteroatoms. The molecule has 0 radical (unpaired) electrons. The van der Waals surface area contributed by atoms with E-state index in [2.05, 4.69) is 43.5 Å². The van der Waals surface area contributed by atoms with Crippen LogP contribution in [0.3, 0.4) is 0 Å². The summed E-state index contributed by atoms with van der Waals surface area (Å²) in [5.74, 6) is -0.0830. The van der Waals surface area contributed by atoms with Gasteiger partial charge >= 0.3 is 5.97 Å². The normalized spacial score (nSPS) is 12.9. The Kier molecular flexibility index (Phi) is 50.1. The second-order valence-corrected chi connectivity index (χ2v) is 18.6. The molecule has 62 heavy (non-hydrogen) atoms. The number of aliphatic hydroxyl groups excluding tert-OH is 2. The number of amides is 1. The van der Waals surface area contributed by atoms with Crippen LogP contribution in [-0.2, 0) is 14.3 Å². The number of hydrogen-bond acceptors (Lipinski definition) is 5. The Hall–Kier alpha value is -1.92. The maximum atomic E-state index is 12.4. The van der Waals surface area contributed by atoms with Gasteiger partial charge in [0.2, 0.25) is 5.91 Å². The summed E-state index contributed by atoms with van der Waals surface area (Å²) >= 11 is 0. The van der Waals surface area contributed by atoms with Crippen LogP contribution >= 0.6 is 0 Å². The molecular weight excluding hydrogens is 767 g/mol. The van der Waals surface area contributed by atoms with Crippen LogP contribution in [0.15, 0.2) is 36.5 Å². The van der Waals surface area contributed by atoms with Gasteiger partial charge in [-0.15, -0.1) is 0 Å². The van der Waals surface area contributed by atoms with Gasteiger partial charge in [-0.25, -0.2) is 0 Å². The zero-order valence-electron chi connectivity index (χ0n) is 41.4. The minimum absolute atomic E-state index is 0.00479. The summed E-state index contributed by atoms with van der Waals surface area (Å²) in [5, 5.41) is 23.0. The van der Waals surface area contributed by atoms with Gasteiger partial charge < -0.3 is 20.3 Å². The molecule has 364 valence electrons. The molecule has 0 aliphatic carbocycles. The number of ether oxygens (including phenoxy) is 1. The van der Waals surface area contributed by atoms with Gasteiger partial charge in [-0.2, -0.15) is 0 Å². The number of unbranched alkanes of at least 4 members (excludes halogenated alkanes) is 35. The molecule has 0 spiro atoms. The fourth-order valence-corrected chi connectivity index (χ4v) is 8.19. The van der Waals surface area contributed by atoms with Crippen molar-refractivity contribution < 1.29 is 24.5 Å². The monoisotopic (exact) mass is 872 g/mol. The van der Waals surface area contributed by atoms with E-state index < -0.39 is 12.1 Å². The third-order valence-electron chi connectivity index (χ3n) is 12.4. The first kappa shape index (κ1) is 60.1.